The average molecular weight is 347 g/mol. The van der Waals surface area contributed by atoms with E-state index in [1.807, 2.05) is 50.2 Å². The Balaban J connectivity index is 1.74. The molecule has 1 aliphatic rings. The number of amides is 1. The predicted octanol–water partition coefficient (Wildman–Crippen LogP) is 2.30. The van der Waals surface area contributed by atoms with Gasteiger partial charge in [0.1, 0.15) is 6.04 Å². The Morgan fingerprint density at radius 1 is 1.19 bits per heavy atom. The van der Waals surface area contributed by atoms with Crippen LogP contribution in [0.2, 0.25) is 0 Å². The first kappa shape index (κ1) is 15.9. The van der Waals surface area contributed by atoms with Crippen molar-refractivity contribution >= 4 is 17.5 Å². The number of allylic oxidation sites excluding steroid dienone is 1. The molecule has 1 atom stereocenters. The third-order valence-electron chi connectivity index (χ3n) is 4.27. The van der Waals surface area contributed by atoms with E-state index in [1.165, 1.54) is 0 Å². The lowest BCUT2D eigenvalue weighted by Gasteiger charge is -2.27. The van der Waals surface area contributed by atoms with E-state index >= 15 is 0 Å². The number of nitrogens with one attached hydrogen (secondary N) is 2. The third-order valence-corrected chi connectivity index (χ3v) is 4.27. The first-order valence-corrected chi connectivity index (χ1v) is 8.17. The number of carbonyl (C=O) groups is 1. The highest BCUT2D eigenvalue weighted by atomic mass is 16.1. The fraction of sp³-hybridized carbons (Fsp3) is 0.167. The Morgan fingerprint density at radius 2 is 2.00 bits per heavy atom. The van der Waals surface area contributed by atoms with Gasteiger partial charge >= 0.3 is 0 Å². The van der Waals surface area contributed by atoms with E-state index in [1.54, 1.807) is 17.1 Å². The van der Waals surface area contributed by atoms with Crippen molar-refractivity contribution < 1.29 is 4.79 Å². The number of nitrogens with zero attached hydrogens (tertiary/aromatic N) is 5. The minimum Gasteiger partial charge on any atom is -0.326 e. The maximum absolute atomic E-state index is 13.1. The molecule has 0 bridgehead atoms. The van der Waals surface area contributed by atoms with Crippen molar-refractivity contribution in [3.63, 3.8) is 0 Å². The van der Waals surface area contributed by atoms with E-state index in [4.69, 9.17) is 0 Å². The normalized spacial score (nSPS) is 16.0. The number of tetrazole rings is 1. The number of benzene rings is 1. The van der Waals surface area contributed by atoms with Crippen LogP contribution in [0.1, 0.15) is 24.1 Å². The van der Waals surface area contributed by atoms with Crippen LogP contribution < -0.4 is 10.6 Å². The number of carbonyl (C=O) groups excluding carboxylic acids is 1. The Labute approximate surface area is 150 Å². The fourth-order valence-corrected chi connectivity index (χ4v) is 2.99. The summed E-state index contributed by atoms with van der Waals surface area (Å²) in [4.78, 5) is 17.2. The zero-order chi connectivity index (χ0) is 18.1. The summed E-state index contributed by atoms with van der Waals surface area (Å²) in [5, 5.41) is 17.8. The van der Waals surface area contributed by atoms with E-state index in [2.05, 4.69) is 31.1 Å². The minimum atomic E-state index is -0.458. The second-order valence-electron chi connectivity index (χ2n) is 6.12. The monoisotopic (exact) mass is 347 g/mol. The van der Waals surface area contributed by atoms with Gasteiger partial charge in [-0.3, -0.25) is 9.78 Å². The maximum Gasteiger partial charge on any atom is 0.255 e. The molecule has 26 heavy (non-hydrogen) atoms. The Hall–Kier alpha value is -3.55. The molecule has 8 heteroatoms. The van der Waals surface area contributed by atoms with Crippen LogP contribution in [0.3, 0.4) is 0 Å². The first-order chi connectivity index (χ1) is 12.6. The summed E-state index contributed by atoms with van der Waals surface area (Å²) in [5.74, 6) is 0.275. The summed E-state index contributed by atoms with van der Waals surface area (Å²) >= 11 is 0. The SMILES string of the molecule is CC1=C(C(=O)Nc2ccc(C)cc2)[C@@H](c2cccnc2)n2nnnc2N1. The first-order valence-electron chi connectivity index (χ1n) is 8.17. The molecule has 8 nitrogen and oxygen atoms in total. The lowest BCUT2D eigenvalue weighted by atomic mass is 9.96. The molecular weight excluding hydrogens is 330 g/mol. The molecule has 3 aromatic rings. The molecule has 0 spiro atoms. The van der Waals surface area contributed by atoms with Gasteiger partial charge in [0.15, 0.2) is 0 Å². The van der Waals surface area contributed by atoms with Crippen molar-refractivity contribution in [3.8, 4) is 0 Å². The van der Waals surface area contributed by atoms with Crippen LogP contribution in [-0.2, 0) is 4.79 Å². The van der Waals surface area contributed by atoms with Crippen LogP contribution in [0.25, 0.3) is 0 Å². The zero-order valence-corrected chi connectivity index (χ0v) is 14.3. The molecule has 0 saturated carbocycles. The molecular formula is C18H17N7O. The number of aryl methyl sites for hydroxylation is 1. The summed E-state index contributed by atoms with van der Waals surface area (Å²) in [6.07, 6.45) is 3.40. The highest BCUT2D eigenvalue weighted by Gasteiger charge is 2.34. The number of hydrogen-bond donors (Lipinski definition) is 2. The quantitative estimate of drug-likeness (QED) is 0.754. The predicted molar refractivity (Wildman–Crippen MR) is 96.3 cm³/mol. The Bertz CT molecular complexity index is 976. The van der Waals surface area contributed by atoms with Crippen molar-refractivity contribution in [3.05, 3.63) is 71.2 Å². The van der Waals surface area contributed by atoms with Gasteiger partial charge in [-0.2, -0.15) is 4.68 Å². The van der Waals surface area contributed by atoms with Crippen molar-refractivity contribution in [2.24, 2.45) is 0 Å². The number of anilines is 2. The van der Waals surface area contributed by atoms with Crippen LogP contribution in [0, 0.1) is 6.92 Å². The molecule has 0 saturated heterocycles. The molecule has 3 heterocycles. The van der Waals surface area contributed by atoms with Gasteiger partial charge in [-0.25, -0.2) is 0 Å². The average Bonchev–Trinajstić information content (AvgIpc) is 3.11. The van der Waals surface area contributed by atoms with Gasteiger partial charge in [0, 0.05) is 23.8 Å². The largest absolute Gasteiger partial charge is 0.326 e. The van der Waals surface area contributed by atoms with Crippen LogP contribution in [0.5, 0.6) is 0 Å². The van der Waals surface area contributed by atoms with Crippen LogP contribution >= 0.6 is 0 Å². The topological polar surface area (TPSA) is 97.6 Å². The molecule has 0 radical (unpaired) electrons. The molecule has 4 rings (SSSR count). The highest BCUT2D eigenvalue weighted by molar-refractivity contribution is 6.06. The molecule has 0 unspecified atom stereocenters. The van der Waals surface area contributed by atoms with E-state index < -0.39 is 6.04 Å². The Kier molecular flexibility index (Phi) is 3.92. The second-order valence-corrected chi connectivity index (χ2v) is 6.12. The van der Waals surface area contributed by atoms with Crippen LogP contribution in [0.4, 0.5) is 11.6 Å². The molecule has 1 aliphatic heterocycles. The fourth-order valence-electron chi connectivity index (χ4n) is 2.99. The summed E-state index contributed by atoms with van der Waals surface area (Å²) in [6, 6.07) is 10.9. The van der Waals surface area contributed by atoms with Crippen LogP contribution in [-0.4, -0.2) is 31.1 Å². The van der Waals surface area contributed by atoms with Gasteiger partial charge in [-0.15, -0.1) is 0 Å². The molecule has 0 aliphatic carbocycles. The van der Waals surface area contributed by atoms with Gasteiger partial charge in [-0.05, 0) is 48.0 Å². The number of fused-ring (bicyclic) bond motifs is 1. The third kappa shape index (κ3) is 2.81. The number of rotatable bonds is 3. The smallest absolute Gasteiger partial charge is 0.255 e. The van der Waals surface area contributed by atoms with E-state index in [0.717, 1.165) is 16.8 Å². The lowest BCUT2D eigenvalue weighted by Crippen LogP contribution is -2.31. The van der Waals surface area contributed by atoms with Gasteiger partial charge < -0.3 is 10.6 Å². The minimum absolute atomic E-state index is 0.214. The number of aromatic nitrogens is 5. The lowest BCUT2D eigenvalue weighted by molar-refractivity contribution is -0.113. The summed E-state index contributed by atoms with van der Waals surface area (Å²) < 4.78 is 1.59. The van der Waals surface area contributed by atoms with Gasteiger partial charge in [0.2, 0.25) is 5.95 Å². The molecule has 1 amide bonds. The van der Waals surface area contributed by atoms with Crippen LogP contribution in [0.15, 0.2) is 60.1 Å². The van der Waals surface area contributed by atoms with E-state index in [0.29, 0.717) is 17.2 Å². The second kappa shape index (κ2) is 6.40. The number of pyridine rings is 1. The number of hydrogen-bond acceptors (Lipinski definition) is 6. The molecule has 1 aromatic carbocycles. The van der Waals surface area contributed by atoms with Crippen molar-refractivity contribution in [1.82, 2.24) is 25.2 Å². The van der Waals surface area contributed by atoms with Gasteiger partial charge in [0.05, 0.1) is 5.57 Å². The van der Waals surface area contributed by atoms with E-state index in [9.17, 15) is 4.79 Å². The van der Waals surface area contributed by atoms with E-state index in [-0.39, 0.29) is 5.91 Å². The van der Waals surface area contributed by atoms with Crippen molar-refractivity contribution in [2.45, 2.75) is 19.9 Å². The van der Waals surface area contributed by atoms with Crippen molar-refractivity contribution in [2.75, 3.05) is 10.6 Å². The summed E-state index contributed by atoms with van der Waals surface area (Å²) in [7, 11) is 0. The molecule has 130 valence electrons. The van der Waals surface area contributed by atoms with Gasteiger partial charge in [-0.1, -0.05) is 28.9 Å². The standard InChI is InChI=1S/C18H17N7O/c1-11-5-7-14(8-6-11)21-17(26)15-12(2)20-18-22-23-24-25(18)16(15)13-4-3-9-19-10-13/h3-10,16H,1-2H3,(H,21,26)(H,20,22,24)/t16-/m1/s1. The molecule has 2 N–H and O–H groups in total. The summed E-state index contributed by atoms with van der Waals surface area (Å²) in [6.45, 7) is 3.84. The maximum atomic E-state index is 13.1. The highest BCUT2D eigenvalue weighted by Crippen LogP contribution is 2.34. The summed E-state index contributed by atoms with van der Waals surface area (Å²) in [5.41, 5.74) is 3.93. The van der Waals surface area contributed by atoms with Crippen molar-refractivity contribution in [1.29, 1.82) is 0 Å². The molecule has 0 fully saturated rings. The molecule has 2 aromatic heterocycles. The van der Waals surface area contributed by atoms with Gasteiger partial charge in [0.25, 0.3) is 5.91 Å². The Morgan fingerprint density at radius 3 is 2.73 bits per heavy atom. The zero-order valence-electron chi connectivity index (χ0n) is 14.3.